The third kappa shape index (κ3) is 13.5. The van der Waals surface area contributed by atoms with Crippen LogP contribution in [0.4, 0.5) is 105 Å². The summed E-state index contributed by atoms with van der Waals surface area (Å²) in [5.41, 5.74) is -27.3. The summed E-state index contributed by atoms with van der Waals surface area (Å²) in [5, 5.41) is 2.39. The Morgan fingerprint density at radius 3 is 0.951 bits per heavy atom. The fraction of sp³-hybridized carbons (Fsp3) is 0.164. The zero-order chi connectivity index (χ0) is 61.0. The van der Waals surface area contributed by atoms with Crippen molar-refractivity contribution < 1.29 is 115 Å². The van der Waals surface area contributed by atoms with Crippen LogP contribution in [-0.4, -0.2) is 11.9 Å². The van der Waals surface area contributed by atoms with Crippen LogP contribution in [0.5, 0.6) is 0 Å². The highest BCUT2D eigenvalue weighted by molar-refractivity contribution is 7.20. The topological polar surface area (TPSA) is 20.9 Å². The van der Waals surface area contributed by atoms with Crippen molar-refractivity contribution in [3.63, 3.8) is 0 Å². The van der Waals surface area contributed by atoms with Gasteiger partial charge in [0, 0.05) is 17.7 Å². The number of ketones is 1. The number of fused-ring (bicyclic) bond motifs is 1. The molecule has 8 aromatic rings. The minimum atomic E-state index is -6.13. The zero-order valence-corrected chi connectivity index (χ0v) is 40.4. The molecule has 432 valence electrons. The molecule has 0 bridgehead atoms. The number of hydrogen-bond acceptors (Lipinski definition) is 1. The van der Waals surface area contributed by atoms with Crippen LogP contribution in [0.3, 0.4) is 0 Å². The van der Waals surface area contributed by atoms with Gasteiger partial charge in [0.25, 0.3) is 0 Å². The normalized spacial score (nSPS) is 13.2. The molecule has 7 aromatic carbocycles. The summed E-state index contributed by atoms with van der Waals surface area (Å²) >= 11 is 0. The fourth-order valence-electron chi connectivity index (χ4n) is 9.25. The molecule has 27 heteroatoms. The van der Waals surface area contributed by atoms with E-state index in [1.807, 2.05) is 65.4 Å². The lowest BCUT2D eigenvalue weighted by Crippen LogP contribution is -2.75. The molecule has 0 spiro atoms. The van der Waals surface area contributed by atoms with Crippen molar-refractivity contribution in [1.82, 2.24) is 0 Å². The van der Waals surface area contributed by atoms with Crippen molar-refractivity contribution in [2.24, 2.45) is 0 Å². The Morgan fingerprint density at radius 1 is 0.329 bits per heavy atom. The van der Waals surface area contributed by atoms with Crippen molar-refractivity contribution in [2.45, 2.75) is 56.0 Å². The van der Waals surface area contributed by atoms with Gasteiger partial charge in [-0.3, -0.25) is 4.79 Å². The molecule has 0 unspecified atom stereocenters. The van der Waals surface area contributed by atoms with Crippen LogP contribution in [-0.2, 0) is 56.0 Å². The Kier molecular flexibility index (Phi) is 16.3. The highest BCUT2D eigenvalue weighted by atomic mass is 19.4. The first-order valence-corrected chi connectivity index (χ1v) is 23.0. The molecular weight excluding hydrogens is 1160 g/mol. The number of carbonyl (C=O) groups excluding carboxylic acids is 1. The fourth-order valence-corrected chi connectivity index (χ4v) is 9.25. The SMILES string of the molecule is FC(F)(F)c1cc([B-](c2cc(C(F)(F)F)cc(C(F)(F)F)c2)(c2cc(C(F)(F)F)cc(C(F)(F)F)c2)c2cc(C(F)(F)F)cc(C(F)(F)F)c2)cc(C(F)(F)F)c1.O=C(C[n+]1ccccc1-c1cccc2ccccc12)c1ccccc1. The summed E-state index contributed by atoms with van der Waals surface area (Å²) < 4.78 is 343. The van der Waals surface area contributed by atoms with E-state index in [1.54, 1.807) is 0 Å². The predicted molar refractivity (Wildman–Crippen MR) is 250 cm³/mol. The van der Waals surface area contributed by atoms with Gasteiger partial charge in [-0.15, -0.1) is 0 Å². The minimum absolute atomic E-state index is 0.110. The number of benzene rings is 7. The summed E-state index contributed by atoms with van der Waals surface area (Å²) in [5.74, 6) is 0.110. The van der Waals surface area contributed by atoms with Gasteiger partial charge in [-0.05, 0) is 47.2 Å². The maximum atomic E-state index is 14.2. The third-order valence-corrected chi connectivity index (χ3v) is 12.9. The predicted octanol–water partition coefficient (Wildman–Crippen LogP) is 15.9. The van der Waals surface area contributed by atoms with E-state index in [2.05, 4.69) is 36.4 Å². The second-order valence-electron chi connectivity index (χ2n) is 18.3. The summed E-state index contributed by atoms with van der Waals surface area (Å²) in [6.07, 6.45) is -52.8. The number of aromatic nitrogens is 1. The molecule has 0 atom stereocenters. The van der Waals surface area contributed by atoms with Crippen molar-refractivity contribution in [3.05, 3.63) is 220 Å². The van der Waals surface area contributed by atoms with Crippen molar-refractivity contribution in [1.29, 1.82) is 0 Å². The lowest BCUT2D eigenvalue weighted by molar-refractivity contribution is -0.672. The smallest absolute Gasteiger partial charge is 0.287 e. The molecule has 0 radical (unpaired) electrons. The Labute approximate surface area is 445 Å². The Morgan fingerprint density at radius 2 is 0.622 bits per heavy atom. The van der Waals surface area contributed by atoms with Crippen molar-refractivity contribution in [3.8, 4) is 11.3 Å². The van der Waals surface area contributed by atoms with E-state index in [-0.39, 0.29) is 5.78 Å². The van der Waals surface area contributed by atoms with E-state index < -0.39 is 195 Å². The first kappa shape index (κ1) is 61.6. The van der Waals surface area contributed by atoms with Gasteiger partial charge in [-0.1, -0.05) is 115 Å². The van der Waals surface area contributed by atoms with Crippen LogP contribution in [0.15, 0.2) is 170 Å². The standard InChI is InChI=1S/C32H12BF24.C23H18NO/c34-25(35,36)13-1-14(26(37,38)39)6-21(5-13)33(22-7-15(27(40,41)42)2-16(8-22)28(43,44)45,23-9-17(29(46,47)48)3-18(10-23)30(49,50)51)24-11-19(31(52,53)54)4-20(12-24)32(55,56)57;25-23(19-10-2-1-3-11-19)17-24-16-7-6-15-22(24)21-14-8-12-18-9-4-5-13-20(18)21/h1-12H;1-16H,17H2/q-1;+1. The van der Waals surface area contributed by atoms with Gasteiger partial charge in [-0.25, -0.2) is 0 Å². The second-order valence-corrected chi connectivity index (χ2v) is 18.3. The maximum Gasteiger partial charge on any atom is 0.416 e. The van der Waals surface area contributed by atoms with Gasteiger partial charge >= 0.3 is 49.4 Å². The van der Waals surface area contributed by atoms with Gasteiger partial charge in [0.2, 0.25) is 18.0 Å². The van der Waals surface area contributed by atoms with Crippen LogP contribution in [0.1, 0.15) is 54.9 Å². The first-order valence-electron chi connectivity index (χ1n) is 23.0. The van der Waals surface area contributed by atoms with Gasteiger partial charge in [0.05, 0.1) is 50.1 Å². The molecule has 0 aliphatic heterocycles. The minimum Gasteiger partial charge on any atom is -0.287 e. The van der Waals surface area contributed by atoms with Gasteiger partial charge in [-0.2, -0.15) is 132 Å². The maximum absolute atomic E-state index is 14.2. The summed E-state index contributed by atoms with van der Waals surface area (Å²) in [6, 6.07) is 21.3. The molecule has 0 saturated heterocycles. The van der Waals surface area contributed by atoms with Crippen LogP contribution in [0, 0.1) is 0 Å². The van der Waals surface area contributed by atoms with Gasteiger partial charge < -0.3 is 0 Å². The average molecular weight is 1190 g/mol. The first-order chi connectivity index (χ1) is 37.6. The van der Waals surface area contributed by atoms with Crippen LogP contribution < -0.4 is 26.4 Å². The molecule has 0 saturated carbocycles. The van der Waals surface area contributed by atoms with E-state index in [4.69, 9.17) is 0 Å². The van der Waals surface area contributed by atoms with E-state index in [0.29, 0.717) is 6.54 Å². The Bertz CT molecular complexity index is 3200. The van der Waals surface area contributed by atoms with E-state index in [9.17, 15) is 110 Å². The number of pyridine rings is 1. The zero-order valence-electron chi connectivity index (χ0n) is 40.4. The number of halogens is 24. The molecule has 1 aromatic heterocycles. The number of nitrogens with zero attached hydrogens (tertiary/aromatic N) is 1. The molecule has 8 rings (SSSR count). The molecule has 0 aliphatic rings. The Hall–Kier alpha value is -8.00. The van der Waals surface area contributed by atoms with Crippen LogP contribution in [0.25, 0.3) is 22.0 Å². The number of carbonyl (C=O) groups is 1. The van der Waals surface area contributed by atoms with Gasteiger partial charge in [0.1, 0.15) is 6.15 Å². The summed E-state index contributed by atoms with van der Waals surface area (Å²) in [7, 11) is 0. The van der Waals surface area contributed by atoms with Gasteiger partial charge in [0.15, 0.2) is 6.20 Å². The summed E-state index contributed by atoms with van der Waals surface area (Å²) in [4.78, 5) is 12.6. The second kappa shape index (κ2) is 21.7. The number of hydrogen-bond donors (Lipinski definition) is 0. The molecule has 1 heterocycles. The molecular formula is C55H30BF24NO. The molecule has 0 N–H and O–H groups in total. The highest BCUT2D eigenvalue weighted by Crippen LogP contribution is 2.42. The summed E-state index contributed by atoms with van der Waals surface area (Å²) in [6.45, 7) is 0.323. The monoisotopic (exact) mass is 1190 g/mol. The van der Waals surface area contributed by atoms with Crippen LogP contribution in [0.2, 0.25) is 0 Å². The average Bonchev–Trinajstić information content (AvgIpc) is 3.08. The Balaban J connectivity index is 0.000000318. The number of rotatable bonds is 8. The molecule has 82 heavy (non-hydrogen) atoms. The number of alkyl halides is 24. The molecule has 0 fully saturated rings. The van der Waals surface area contributed by atoms with Crippen LogP contribution >= 0.6 is 0 Å². The largest absolute Gasteiger partial charge is 0.416 e. The van der Waals surface area contributed by atoms with E-state index >= 15 is 0 Å². The molecule has 0 amide bonds. The van der Waals surface area contributed by atoms with Crippen molar-refractivity contribution in [2.75, 3.05) is 0 Å². The van der Waals surface area contributed by atoms with Crippen molar-refractivity contribution >= 4 is 44.6 Å². The van der Waals surface area contributed by atoms with E-state index in [0.717, 1.165) is 16.8 Å². The lowest BCUT2D eigenvalue weighted by Gasteiger charge is -2.46. The molecule has 0 aliphatic carbocycles. The quantitative estimate of drug-likeness (QED) is 0.0643. The molecule has 2 nitrogen and oxygen atoms in total. The number of Topliss-reactive ketones (excluding diaryl/α,β-unsaturated/α-hetero) is 1. The van der Waals surface area contributed by atoms with E-state index in [1.165, 1.54) is 10.8 Å². The lowest BCUT2D eigenvalue weighted by atomic mass is 9.12. The third-order valence-electron chi connectivity index (χ3n) is 12.9. The highest BCUT2D eigenvalue weighted by Gasteiger charge is 2.47.